The summed E-state index contributed by atoms with van der Waals surface area (Å²) >= 11 is 12.9. The number of hydrogen-bond acceptors (Lipinski definition) is 6. The fourth-order valence-electron chi connectivity index (χ4n) is 1.17. The van der Waals surface area contributed by atoms with Crippen LogP contribution in [-0.2, 0) is 0 Å². The lowest BCUT2D eigenvalue weighted by Crippen LogP contribution is -1.94. The van der Waals surface area contributed by atoms with Gasteiger partial charge < -0.3 is 0 Å². The van der Waals surface area contributed by atoms with Gasteiger partial charge in [-0.3, -0.25) is 15.5 Å². The predicted molar refractivity (Wildman–Crippen MR) is 76.4 cm³/mol. The minimum absolute atomic E-state index is 0.0813. The average molecular weight is 317 g/mol. The fraction of sp³-hybridized carbons (Fsp3) is 0. The highest BCUT2D eigenvalue weighted by atomic mass is 35.5. The quantitative estimate of drug-likeness (QED) is 0.528. The van der Waals surface area contributed by atoms with Crippen LogP contribution in [0.2, 0.25) is 8.67 Å². The van der Waals surface area contributed by atoms with Crippen molar-refractivity contribution >= 4 is 52.3 Å². The Labute approximate surface area is 121 Å². The molecule has 6 nitrogen and oxygen atoms in total. The molecule has 0 spiro atoms. The molecule has 0 aromatic carbocycles. The first-order valence-electron chi connectivity index (χ1n) is 4.90. The Kier molecular flexibility index (Phi) is 4.31. The van der Waals surface area contributed by atoms with Crippen molar-refractivity contribution in [1.82, 2.24) is 4.98 Å². The zero-order valence-corrected chi connectivity index (χ0v) is 11.5. The molecule has 0 unspecified atom stereocenters. The molecule has 98 valence electrons. The van der Waals surface area contributed by atoms with Crippen LogP contribution >= 0.6 is 34.5 Å². The second-order valence-corrected chi connectivity index (χ2v) is 5.59. The van der Waals surface area contributed by atoms with Crippen LogP contribution in [0.15, 0.2) is 29.5 Å². The van der Waals surface area contributed by atoms with E-state index in [-0.39, 0.29) is 5.69 Å². The molecule has 2 aromatic heterocycles. The molecule has 1 N–H and O–H groups in total. The van der Waals surface area contributed by atoms with Crippen molar-refractivity contribution in [2.75, 3.05) is 5.43 Å². The Morgan fingerprint density at radius 3 is 2.79 bits per heavy atom. The number of anilines is 1. The minimum Gasteiger partial charge on any atom is -0.261 e. The van der Waals surface area contributed by atoms with Gasteiger partial charge in [0.2, 0.25) is 0 Å². The maximum atomic E-state index is 10.4. The lowest BCUT2D eigenvalue weighted by Gasteiger charge is -1.97. The van der Waals surface area contributed by atoms with Crippen molar-refractivity contribution in [1.29, 1.82) is 0 Å². The van der Waals surface area contributed by atoms with Crippen LogP contribution in [-0.4, -0.2) is 16.1 Å². The van der Waals surface area contributed by atoms with E-state index in [1.165, 1.54) is 29.7 Å². The third-order valence-electron chi connectivity index (χ3n) is 2.02. The normalized spacial score (nSPS) is 10.8. The van der Waals surface area contributed by atoms with E-state index in [1.54, 1.807) is 6.07 Å². The van der Waals surface area contributed by atoms with Gasteiger partial charge in [0.1, 0.15) is 16.4 Å². The van der Waals surface area contributed by atoms with Gasteiger partial charge in [-0.2, -0.15) is 5.10 Å². The molecule has 0 radical (unpaired) electrons. The third kappa shape index (κ3) is 3.63. The van der Waals surface area contributed by atoms with E-state index >= 15 is 0 Å². The molecule has 0 atom stereocenters. The van der Waals surface area contributed by atoms with Crippen LogP contribution in [0.3, 0.4) is 0 Å². The number of aromatic nitrogens is 1. The molecule has 0 bridgehead atoms. The van der Waals surface area contributed by atoms with Crippen molar-refractivity contribution in [2.45, 2.75) is 0 Å². The number of nitro groups is 1. The molecule has 0 aliphatic carbocycles. The third-order valence-corrected chi connectivity index (χ3v) is 3.54. The average Bonchev–Trinajstić information content (AvgIpc) is 2.68. The summed E-state index contributed by atoms with van der Waals surface area (Å²) < 4.78 is 1.10. The van der Waals surface area contributed by atoms with Gasteiger partial charge in [-0.25, -0.2) is 4.98 Å². The van der Waals surface area contributed by atoms with Gasteiger partial charge in [0.05, 0.1) is 15.5 Å². The lowest BCUT2D eigenvalue weighted by molar-refractivity contribution is -0.385. The summed E-state index contributed by atoms with van der Waals surface area (Å²) in [6.45, 7) is 0. The number of nitrogens with one attached hydrogen (secondary N) is 1. The first-order valence-corrected chi connectivity index (χ1v) is 6.48. The van der Waals surface area contributed by atoms with Gasteiger partial charge in [-0.1, -0.05) is 23.2 Å². The Morgan fingerprint density at radius 1 is 1.47 bits per heavy atom. The second kappa shape index (κ2) is 5.96. The predicted octanol–water partition coefficient (Wildman–Crippen LogP) is 3.80. The first kappa shape index (κ1) is 13.7. The second-order valence-electron chi connectivity index (χ2n) is 3.31. The summed E-state index contributed by atoms with van der Waals surface area (Å²) in [5.41, 5.74) is 3.24. The zero-order valence-electron chi connectivity index (χ0n) is 9.21. The molecular formula is C10H6Cl2N4O2S. The van der Waals surface area contributed by atoms with E-state index in [0.717, 1.165) is 6.20 Å². The molecule has 0 amide bonds. The zero-order chi connectivity index (χ0) is 13.8. The molecule has 0 saturated heterocycles. The summed E-state index contributed by atoms with van der Waals surface area (Å²) in [6, 6.07) is 4.47. The smallest absolute Gasteiger partial charge is 0.261 e. The number of halogens is 2. The largest absolute Gasteiger partial charge is 0.287 e. The molecule has 0 fully saturated rings. The number of pyridine rings is 1. The van der Waals surface area contributed by atoms with Gasteiger partial charge in [0.25, 0.3) is 5.69 Å². The number of hydrazone groups is 1. The van der Waals surface area contributed by atoms with E-state index in [4.69, 9.17) is 23.2 Å². The number of rotatable bonds is 4. The molecule has 0 saturated carbocycles. The summed E-state index contributed by atoms with van der Waals surface area (Å²) in [6.07, 6.45) is 2.64. The van der Waals surface area contributed by atoms with Gasteiger partial charge in [-0.05, 0) is 12.1 Å². The molecule has 2 aromatic rings. The highest BCUT2D eigenvalue weighted by Gasteiger charge is 2.05. The summed E-state index contributed by atoms with van der Waals surface area (Å²) in [7, 11) is 0. The number of thiophene rings is 1. The van der Waals surface area contributed by atoms with E-state index in [1.807, 2.05) is 0 Å². The van der Waals surface area contributed by atoms with Gasteiger partial charge in [-0.15, -0.1) is 11.3 Å². The van der Waals surface area contributed by atoms with E-state index in [0.29, 0.717) is 20.1 Å². The Bertz CT molecular complexity index is 627. The summed E-state index contributed by atoms with van der Waals surface area (Å²) in [5.74, 6) is 0.388. The number of hydrogen-bond donors (Lipinski definition) is 1. The SMILES string of the molecule is O=[N+]([O-])c1ccc(NN=Cc2cc(Cl)sc2Cl)nc1. The van der Waals surface area contributed by atoms with Gasteiger partial charge in [0.15, 0.2) is 0 Å². The highest BCUT2D eigenvalue weighted by molar-refractivity contribution is 7.20. The molecule has 0 aliphatic rings. The molecule has 19 heavy (non-hydrogen) atoms. The maximum Gasteiger partial charge on any atom is 0.287 e. The molecule has 2 heterocycles. The van der Waals surface area contributed by atoms with E-state index < -0.39 is 4.92 Å². The van der Waals surface area contributed by atoms with Crippen molar-refractivity contribution in [3.8, 4) is 0 Å². The molecule has 0 aliphatic heterocycles. The maximum absolute atomic E-state index is 10.4. The standard InChI is InChI=1S/C10H6Cl2N4O2S/c11-8-3-6(10(12)19-8)4-14-15-9-2-1-7(5-13-9)16(17)18/h1-5H,(H,13,15). The van der Waals surface area contributed by atoms with Crippen molar-refractivity contribution in [3.05, 3.63) is 48.7 Å². The van der Waals surface area contributed by atoms with Gasteiger partial charge in [0, 0.05) is 11.6 Å². The van der Waals surface area contributed by atoms with Crippen LogP contribution in [0, 0.1) is 10.1 Å². The fourth-order valence-corrected chi connectivity index (χ4v) is 2.58. The Morgan fingerprint density at radius 2 is 2.26 bits per heavy atom. The summed E-state index contributed by atoms with van der Waals surface area (Å²) in [5, 5.41) is 14.4. The lowest BCUT2D eigenvalue weighted by atomic mass is 10.4. The molecule has 2 rings (SSSR count). The van der Waals surface area contributed by atoms with Crippen LogP contribution in [0.5, 0.6) is 0 Å². The van der Waals surface area contributed by atoms with Crippen LogP contribution in [0.1, 0.15) is 5.56 Å². The highest BCUT2D eigenvalue weighted by Crippen LogP contribution is 2.29. The van der Waals surface area contributed by atoms with Crippen molar-refractivity contribution in [2.24, 2.45) is 5.10 Å². The monoisotopic (exact) mass is 316 g/mol. The summed E-state index contributed by atoms with van der Waals surface area (Å²) in [4.78, 5) is 13.8. The van der Waals surface area contributed by atoms with Gasteiger partial charge >= 0.3 is 0 Å². The molecule has 9 heteroatoms. The van der Waals surface area contributed by atoms with Crippen molar-refractivity contribution in [3.63, 3.8) is 0 Å². The van der Waals surface area contributed by atoms with Crippen molar-refractivity contribution < 1.29 is 4.92 Å². The number of nitrogens with zero attached hydrogens (tertiary/aromatic N) is 3. The van der Waals surface area contributed by atoms with E-state index in [2.05, 4.69) is 15.5 Å². The van der Waals surface area contributed by atoms with Crippen LogP contribution in [0.25, 0.3) is 0 Å². The Hall–Kier alpha value is -1.70. The Balaban J connectivity index is 2.02. The topological polar surface area (TPSA) is 80.4 Å². The van der Waals surface area contributed by atoms with E-state index in [9.17, 15) is 10.1 Å². The molecular weight excluding hydrogens is 311 g/mol. The minimum atomic E-state index is -0.521. The van der Waals surface area contributed by atoms with Crippen LogP contribution < -0.4 is 5.43 Å². The first-order chi connectivity index (χ1) is 9.06. The van der Waals surface area contributed by atoms with Crippen LogP contribution in [0.4, 0.5) is 11.5 Å².